The van der Waals surface area contributed by atoms with Crippen LogP contribution in [0.2, 0.25) is 0 Å². The molecule has 0 amide bonds. The van der Waals surface area contributed by atoms with Gasteiger partial charge in [0.05, 0.1) is 11.1 Å². The van der Waals surface area contributed by atoms with Crippen LogP contribution in [-0.2, 0) is 0 Å². The van der Waals surface area contributed by atoms with Gasteiger partial charge >= 0.3 is 0 Å². The zero-order chi connectivity index (χ0) is 25.5. The summed E-state index contributed by atoms with van der Waals surface area (Å²) in [6.45, 7) is 0. The second-order valence-corrected chi connectivity index (χ2v) is 8.50. The highest BCUT2D eigenvalue weighted by Crippen LogP contribution is 2.51. The Morgan fingerprint density at radius 1 is 0.417 bits per heavy atom. The van der Waals surface area contributed by atoms with Gasteiger partial charge in [-0.3, -0.25) is 19.2 Å². The molecule has 6 aromatic rings. The number of hydrogen-bond acceptors (Lipinski definition) is 8. The second-order valence-electron chi connectivity index (χ2n) is 8.50. The Morgan fingerprint density at radius 3 is 1.14 bits per heavy atom. The van der Waals surface area contributed by atoms with Gasteiger partial charge in [0.25, 0.3) is 10.9 Å². The first kappa shape index (κ1) is 21.3. The van der Waals surface area contributed by atoms with Crippen LogP contribution in [0.15, 0.2) is 79.8 Å². The molecule has 0 saturated heterocycles. The fourth-order valence-corrected chi connectivity index (χ4v) is 4.82. The molecule has 6 aromatic carbocycles. The van der Waals surface area contributed by atoms with Crippen molar-refractivity contribution in [3.05, 3.63) is 102 Å². The molecule has 0 aromatic heterocycles. The average Bonchev–Trinajstić information content (AvgIpc) is 2.90. The Labute approximate surface area is 200 Å². The smallest absolute Gasteiger partial charge is 0.268 e. The van der Waals surface area contributed by atoms with Gasteiger partial charge in [-0.25, -0.2) is 0 Å². The molecule has 0 aliphatic carbocycles. The van der Waals surface area contributed by atoms with Crippen molar-refractivity contribution in [3.63, 3.8) is 0 Å². The normalized spacial score (nSPS) is 11.7. The minimum absolute atomic E-state index is 0.0734. The summed E-state index contributed by atoms with van der Waals surface area (Å²) in [7, 11) is 0. The SMILES string of the molecule is O=c1c(O)c(-c2cc3ccccc3c(-c3c(O)c(-c4c(O)c(=O)c4=O)cc4ccccc34)c2O)c1=O. The van der Waals surface area contributed by atoms with Gasteiger partial charge in [0.2, 0.25) is 10.9 Å². The van der Waals surface area contributed by atoms with Crippen LogP contribution in [0.25, 0.3) is 54.9 Å². The molecule has 8 heteroatoms. The molecule has 0 bridgehead atoms. The molecule has 8 nitrogen and oxygen atoms in total. The molecule has 0 radical (unpaired) electrons. The first-order chi connectivity index (χ1) is 17.2. The standard InChI is InChI=1S/C28H14O8/c29-21-15(19-23(31)27(35)24(19)32)9-11-5-1-3-7-13(11)17(21)18-14-8-4-2-6-12(14)10-16(22(18)30)20-25(33)28(36)26(20)34/h1-10,29-31,33H. The van der Waals surface area contributed by atoms with Crippen LogP contribution in [0.4, 0.5) is 0 Å². The van der Waals surface area contributed by atoms with E-state index in [1.54, 1.807) is 48.5 Å². The van der Waals surface area contributed by atoms with E-state index in [4.69, 9.17) is 0 Å². The van der Waals surface area contributed by atoms with Gasteiger partial charge in [0.15, 0.2) is 11.5 Å². The minimum atomic E-state index is -1.06. The number of phenols is 2. The molecular formula is C28H14O8. The van der Waals surface area contributed by atoms with E-state index in [0.717, 1.165) is 0 Å². The summed E-state index contributed by atoms with van der Waals surface area (Å²) in [5, 5.41) is 45.0. The van der Waals surface area contributed by atoms with Crippen LogP contribution >= 0.6 is 0 Å². The van der Waals surface area contributed by atoms with Crippen LogP contribution in [0.3, 0.4) is 0 Å². The number of rotatable bonds is 3. The molecule has 4 N–H and O–H groups in total. The zero-order valence-corrected chi connectivity index (χ0v) is 18.2. The van der Waals surface area contributed by atoms with Crippen LogP contribution in [0.1, 0.15) is 0 Å². The Bertz CT molecular complexity index is 1920. The van der Waals surface area contributed by atoms with E-state index in [-0.39, 0.29) is 33.4 Å². The predicted octanol–water partition coefficient (Wildman–Crippen LogP) is 3.01. The molecule has 0 heterocycles. The number of hydrogen-bond donors (Lipinski definition) is 4. The summed E-state index contributed by atoms with van der Waals surface area (Å²) in [6, 6.07) is 16.5. The van der Waals surface area contributed by atoms with Gasteiger partial charge in [-0.1, -0.05) is 48.5 Å². The quantitative estimate of drug-likeness (QED) is 0.284. The van der Waals surface area contributed by atoms with E-state index < -0.39 is 44.7 Å². The number of fused-ring (bicyclic) bond motifs is 2. The molecule has 0 aliphatic rings. The Morgan fingerprint density at radius 2 is 0.778 bits per heavy atom. The lowest BCUT2D eigenvalue weighted by atomic mass is 9.85. The van der Waals surface area contributed by atoms with Gasteiger partial charge in [0.1, 0.15) is 11.5 Å². The molecule has 6 rings (SSSR count). The van der Waals surface area contributed by atoms with Gasteiger partial charge in [-0.15, -0.1) is 0 Å². The van der Waals surface area contributed by atoms with E-state index in [0.29, 0.717) is 21.5 Å². The van der Waals surface area contributed by atoms with Crippen LogP contribution in [0.5, 0.6) is 23.0 Å². The van der Waals surface area contributed by atoms with Crippen molar-refractivity contribution in [2.24, 2.45) is 0 Å². The highest BCUT2D eigenvalue weighted by molar-refractivity contribution is 6.14. The largest absolute Gasteiger partial charge is 0.507 e. The summed E-state index contributed by atoms with van der Waals surface area (Å²) >= 11 is 0. The van der Waals surface area contributed by atoms with E-state index >= 15 is 0 Å². The molecule has 0 unspecified atom stereocenters. The van der Waals surface area contributed by atoms with Crippen LogP contribution < -0.4 is 21.7 Å². The summed E-state index contributed by atoms with van der Waals surface area (Å²) < 4.78 is 0. The third-order valence-corrected chi connectivity index (χ3v) is 6.60. The summed E-state index contributed by atoms with van der Waals surface area (Å²) in [6.07, 6.45) is 0. The lowest BCUT2D eigenvalue weighted by Crippen LogP contribution is -2.32. The lowest BCUT2D eigenvalue weighted by molar-refractivity contribution is 0.459. The van der Waals surface area contributed by atoms with Crippen molar-refractivity contribution in [1.82, 2.24) is 0 Å². The van der Waals surface area contributed by atoms with Crippen molar-refractivity contribution >= 4 is 21.5 Å². The van der Waals surface area contributed by atoms with Crippen molar-refractivity contribution in [2.75, 3.05) is 0 Å². The van der Waals surface area contributed by atoms with Crippen molar-refractivity contribution in [2.45, 2.75) is 0 Å². The number of benzene rings is 4. The van der Waals surface area contributed by atoms with Gasteiger partial charge in [-0.2, -0.15) is 0 Å². The first-order valence-electron chi connectivity index (χ1n) is 10.8. The fourth-order valence-electron chi connectivity index (χ4n) is 4.82. The maximum absolute atomic E-state index is 12.2. The van der Waals surface area contributed by atoms with E-state index in [2.05, 4.69) is 0 Å². The zero-order valence-electron chi connectivity index (χ0n) is 18.2. The predicted molar refractivity (Wildman–Crippen MR) is 134 cm³/mol. The minimum Gasteiger partial charge on any atom is -0.507 e. The first-order valence-corrected chi connectivity index (χ1v) is 10.8. The molecule has 36 heavy (non-hydrogen) atoms. The number of aromatic hydroxyl groups is 4. The lowest BCUT2D eigenvalue weighted by Gasteiger charge is -2.20. The van der Waals surface area contributed by atoms with E-state index in [1.807, 2.05) is 0 Å². The summed E-state index contributed by atoms with van der Waals surface area (Å²) in [4.78, 5) is 47.9. The van der Waals surface area contributed by atoms with E-state index in [9.17, 15) is 39.6 Å². The van der Waals surface area contributed by atoms with Crippen LogP contribution in [-0.4, -0.2) is 20.4 Å². The maximum Gasteiger partial charge on any atom is 0.268 e. The Hall–Kier alpha value is -5.24. The highest BCUT2D eigenvalue weighted by atomic mass is 16.3. The molecular weight excluding hydrogens is 464 g/mol. The van der Waals surface area contributed by atoms with Crippen LogP contribution in [0, 0.1) is 0 Å². The molecule has 0 fully saturated rings. The summed E-state index contributed by atoms with van der Waals surface area (Å²) in [5.41, 5.74) is -4.79. The molecule has 0 saturated carbocycles. The summed E-state index contributed by atoms with van der Waals surface area (Å²) in [5.74, 6) is -2.51. The van der Waals surface area contributed by atoms with Gasteiger partial charge < -0.3 is 20.4 Å². The third-order valence-electron chi connectivity index (χ3n) is 6.60. The Kier molecular flexibility index (Phi) is 4.22. The molecule has 0 atom stereocenters. The maximum atomic E-state index is 12.2. The molecule has 0 spiro atoms. The second kappa shape index (κ2) is 7.13. The fraction of sp³-hybridized carbons (Fsp3) is 0. The third kappa shape index (κ3) is 2.58. The molecule has 174 valence electrons. The topological polar surface area (TPSA) is 149 Å². The monoisotopic (exact) mass is 478 g/mol. The van der Waals surface area contributed by atoms with E-state index in [1.165, 1.54) is 12.1 Å². The van der Waals surface area contributed by atoms with Gasteiger partial charge in [-0.05, 0) is 33.7 Å². The van der Waals surface area contributed by atoms with Crippen molar-refractivity contribution < 1.29 is 20.4 Å². The van der Waals surface area contributed by atoms with Crippen molar-refractivity contribution in [3.8, 4) is 56.4 Å². The highest BCUT2D eigenvalue weighted by Gasteiger charge is 2.30. The van der Waals surface area contributed by atoms with Crippen molar-refractivity contribution in [1.29, 1.82) is 0 Å². The molecule has 0 aliphatic heterocycles. The average molecular weight is 478 g/mol. The van der Waals surface area contributed by atoms with Gasteiger partial charge in [0, 0.05) is 22.3 Å². The number of phenolic OH excluding ortho intramolecular Hbond substituents is 2. The Balaban J connectivity index is 1.81.